The van der Waals surface area contributed by atoms with Gasteiger partial charge in [-0.2, -0.15) is 0 Å². The van der Waals surface area contributed by atoms with Crippen LogP contribution in [0.25, 0.3) is 16.5 Å². The van der Waals surface area contributed by atoms with Crippen molar-refractivity contribution >= 4 is 22.3 Å². The Kier molecular flexibility index (Phi) is 5.19. The zero-order valence-corrected chi connectivity index (χ0v) is 16.3. The Morgan fingerprint density at radius 2 is 1.97 bits per heavy atom. The third-order valence-corrected chi connectivity index (χ3v) is 5.03. The summed E-state index contributed by atoms with van der Waals surface area (Å²) in [7, 11) is 0. The first kappa shape index (κ1) is 19.0. The van der Waals surface area contributed by atoms with Gasteiger partial charge in [-0.1, -0.05) is 36.4 Å². The van der Waals surface area contributed by atoms with Crippen molar-refractivity contribution < 1.29 is 14.6 Å². The molecular formula is C25H23NO3. The Morgan fingerprint density at radius 1 is 1.14 bits per heavy atom. The maximum atomic E-state index is 11.0. The molecule has 4 nitrogen and oxygen atoms in total. The zero-order valence-electron chi connectivity index (χ0n) is 16.3. The van der Waals surface area contributed by atoms with Crippen LogP contribution in [0.3, 0.4) is 0 Å². The summed E-state index contributed by atoms with van der Waals surface area (Å²) in [5, 5.41) is 22.0. The van der Waals surface area contributed by atoms with Crippen molar-refractivity contribution in [3.63, 3.8) is 0 Å². The van der Waals surface area contributed by atoms with Gasteiger partial charge in [-0.05, 0) is 60.4 Å². The van der Waals surface area contributed by atoms with Gasteiger partial charge in [0.05, 0.1) is 12.3 Å². The third kappa shape index (κ3) is 3.93. The molecule has 2 aromatic carbocycles. The fourth-order valence-electron chi connectivity index (χ4n) is 3.58. The number of aliphatic hydroxyl groups is 1. The fraction of sp³-hybridized carbons (Fsp3) is 0.160. The number of para-hydroxylation sites is 1. The molecule has 1 atom stereocenters. The SMILES string of the molecule is C=CCC1=C/C(=N\Cc2ccccc2O)C(O)C(c2ccc3oc(C)cc3c2)=C1. The molecule has 1 aliphatic rings. The van der Waals surface area contributed by atoms with E-state index in [1.807, 2.05) is 61.5 Å². The monoisotopic (exact) mass is 385 g/mol. The molecule has 0 bridgehead atoms. The van der Waals surface area contributed by atoms with E-state index >= 15 is 0 Å². The number of aliphatic hydroxyl groups excluding tert-OH is 1. The van der Waals surface area contributed by atoms with Crippen LogP contribution in [0.2, 0.25) is 0 Å². The van der Waals surface area contributed by atoms with E-state index in [1.165, 1.54) is 0 Å². The minimum absolute atomic E-state index is 0.203. The van der Waals surface area contributed by atoms with Crippen molar-refractivity contribution in [2.45, 2.75) is 26.0 Å². The average molecular weight is 385 g/mol. The number of phenols is 1. The highest BCUT2D eigenvalue weighted by molar-refractivity contribution is 6.09. The molecule has 0 amide bonds. The van der Waals surface area contributed by atoms with Crippen molar-refractivity contribution in [1.82, 2.24) is 0 Å². The number of nitrogens with zero attached hydrogens (tertiary/aromatic N) is 1. The second-order valence-electron chi connectivity index (χ2n) is 7.19. The first-order valence-electron chi connectivity index (χ1n) is 9.58. The van der Waals surface area contributed by atoms with Crippen molar-refractivity contribution in [2.24, 2.45) is 4.99 Å². The number of aliphatic imine (C=N–C) groups is 1. The molecule has 146 valence electrons. The fourth-order valence-corrected chi connectivity index (χ4v) is 3.58. The van der Waals surface area contributed by atoms with Gasteiger partial charge in [0, 0.05) is 10.9 Å². The van der Waals surface area contributed by atoms with Gasteiger partial charge in [0.25, 0.3) is 0 Å². The molecule has 0 saturated heterocycles. The topological polar surface area (TPSA) is 66.0 Å². The molecule has 4 heteroatoms. The number of benzene rings is 2. The molecule has 3 aromatic rings. The van der Waals surface area contributed by atoms with E-state index in [4.69, 9.17) is 4.42 Å². The molecule has 1 unspecified atom stereocenters. The molecule has 1 aliphatic carbocycles. The second kappa shape index (κ2) is 7.94. The number of hydrogen-bond donors (Lipinski definition) is 2. The predicted octanol–water partition coefficient (Wildman–Crippen LogP) is 5.35. The molecule has 0 fully saturated rings. The molecule has 2 N–H and O–H groups in total. The quantitative estimate of drug-likeness (QED) is 0.582. The molecule has 29 heavy (non-hydrogen) atoms. The van der Waals surface area contributed by atoms with Crippen LogP contribution >= 0.6 is 0 Å². The minimum atomic E-state index is -0.847. The molecular weight excluding hydrogens is 362 g/mol. The summed E-state index contributed by atoms with van der Waals surface area (Å²) in [6.45, 7) is 6.04. The van der Waals surface area contributed by atoms with Crippen molar-refractivity contribution in [1.29, 1.82) is 0 Å². The lowest BCUT2D eigenvalue weighted by atomic mass is 9.88. The van der Waals surface area contributed by atoms with Gasteiger partial charge in [0.1, 0.15) is 23.2 Å². The van der Waals surface area contributed by atoms with Gasteiger partial charge in [-0.3, -0.25) is 4.99 Å². The average Bonchev–Trinajstić information content (AvgIpc) is 3.08. The van der Waals surface area contributed by atoms with Crippen LogP contribution in [0.4, 0.5) is 0 Å². The van der Waals surface area contributed by atoms with E-state index in [0.29, 0.717) is 18.7 Å². The zero-order chi connectivity index (χ0) is 20.4. The Labute approximate surface area is 169 Å². The van der Waals surface area contributed by atoms with Crippen LogP contribution in [0.5, 0.6) is 5.75 Å². The second-order valence-corrected chi connectivity index (χ2v) is 7.19. The number of aryl methyl sites for hydroxylation is 1. The molecule has 0 radical (unpaired) electrons. The standard InChI is InChI=1S/C25H23NO3/c1-3-6-17-12-21(18-9-10-24-20(14-18)11-16(2)29-24)25(28)22(13-17)26-15-19-7-4-5-8-23(19)27/h3-5,7-14,25,27-28H,1,6,15H2,2H3/b26-22+. The third-order valence-electron chi connectivity index (χ3n) is 5.03. The van der Waals surface area contributed by atoms with Crippen LogP contribution in [-0.4, -0.2) is 22.0 Å². The minimum Gasteiger partial charge on any atom is -0.508 e. The Hall–Kier alpha value is -3.37. The highest BCUT2D eigenvalue weighted by atomic mass is 16.3. The van der Waals surface area contributed by atoms with E-state index in [0.717, 1.165) is 39.0 Å². The number of rotatable bonds is 5. The van der Waals surface area contributed by atoms with Gasteiger partial charge in [-0.25, -0.2) is 0 Å². The van der Waals surface area contributed by atoms with E-state index in [9.17, 15) is 10.2 Å². The lowest BCUT2D eigenvalue weighted by molar-refractivity contribution is 0.297. The Balaban J connectivity index is 1.71. The summed E-state index contributed by atoms with van der Waals surface area (Å²) in [5.74, 6) is 1.06. The number of furan rings is 1. The lowest BCUT2D eigenvalue weighted by Gasteiger charge is -2.22. The van der Waals surface area contributed by atoms with E-state index in [1.54, 1.807) is 12.1 Å². The summed E-state index contributed by atoms with van der Waals surface area (Å²) in [6, 6.07) is 15.0. The number of phenolic OH excluding ortho intramolecular Hbond substituents is 1. The largest absolute Gasteiger partial charge is 0.508 e. The molecule has 0 saturated carbocycles. The molecule has 1 heterocycles. The number of allylic oxidation sites excluding steroid dienone is 3. The first-order valence-corrected chi connectivity index (χ1v) is 9.58. The smallest absolute Gasteiger partial charge is 0.134 e. The molecule has 0 spiro atoms. The van der Waals surface area contributed by atoms with Crippen molar-refractivity contribution in [3.05, 3.63) is 95.8 Å². The summed E-state index contributed by atoms with van der Waals surface area (Å²) in [6.07, 6.45) is 5.57. The van der Waals surface area contributed by atoms with Crippen LogP contribution in [0.15, 0.2) is 88.3 Å². The summed E-state index contributed by atoms with van der Waals surface area (Å²) in [4.78, 5) is 4.61. The maximum absolute atomic E-state index is 11.0. The highest BCUT2D eigenvalue weighted by Gasteiger charge is 2.23. The van der Waals surface area contributed by atoms with Crippen LogP contribution in [0, 0.1) is 6.92 Å². The number of fused-ring (bicyclic) bond motifs is 1. The summed E-state index contributed by atoms with van der Waals surface area (Å²) < 4.78 is 5.66. The number of aromatic hydroxyl groups is 1. The molecule has 1 aromatic heterocycles. The first-order chi connectivity index (χ1) is 14.0. The van der Waals surface area contributed by atoms with Crippen LogP contribution in [0.1, 0.15) is 23.3 Å². The van der Waals surface area contributed by atoms with Crippen LogP contribution < -0.4 is 0 Å². The molecule has 0 aliphatic heterocycles. The number of hydrogen-bond acceptors (Lipinski definition) is 4. The van der Waals surface area contributed by atoms with E-state index in [2.05, 4.69) is 11.6 Å². The van der Waals surface area contributed by atoms with Gasteiger partial charge in [0.15, 0.2) is 0 Å². The highest BCUT2D eigenvalue weighted by Crippen LogP contribution is 2.31. The van der Waals surface area contributed by atoms with Gasteiger partial charge in [-0.15, -0.1) is 6.58 Å². The van der Waals surface area contributed by atoms with E-state index in [-0.39, 0.29) is 5.75 Å². The van der Waals surface area contributed by atoms with Gasteiger partial charge < -0.3 is 14.6 Å². The van der Waals surface area contributed by atoms with Crippen molar-refractivity contribution in [3.8, 4) is 5.75 Å². The predicted molar refractivity (Wildman–Crippen MR) is 117 cm³/mol. The summed E-state index contributed by atoms with van der Waals surface area (Å²) >= 11 is 0. The Morgan fingerprint density at radius 3 is 2.76 bits per heavy atom. The normalized spacial score (nSPS) is 18.0. The maximum Gasteiger partial charge on any atom is 0.134 e. The van der Waals surface area contributed by atoms with E-state index < -0.39 is 6.10 Å². The molecule has 4 rings (SSSR count). The lowest BCUT2D eigenvalue weighted by Crippen LogP contribution is -2.24. The summed E-state index contributed by atoms with van der Waals surface area (Å²) in [5.41, 5.74) is 4.87. The van der Waals surface area contributed by atoms with Gasteiger partial charge in [0.2, 0.25) is 0 Å². The van der Waals surface area contributed by atoms with Gasteiger partial charge >= 0.3 is 0 Å². The Bertz CT molecular complexity index is 1160. The van der Waals surface area contributed by atoms with Crippen LogP contribution in [-0.2, 0) is 6.54 Å². The van der Waals surface area contributed by atoms with Crippen molar-refractivity contribution in [2.75, 3.05) is 0 Å².